The van der Waals surface area contributed by atoms with Crippen LogP contribution in [-0.2, 0) is 6.42 Å². The molecule has 0 amide bonds. The highest BCUT2D eigenvalue weighted by atomic mass is 14.9. The van der Waals surface area contributed by atoms with E-state index in [0.717, 1.165) is 6.42 Å². The Morgan fingerprint density at radius 1 is 1.00 bits per heavy atom. The van der Waals surface area contributed by atoms with Gasteiger partial charge in [0.05, 0.1) is 6.04 Å². The molecular formula is C20H21N. The average Bonchev–Trinajstić information content (AvgIpc) is 2.56. The first kappa shape index (κ1) is 13.7. The minimum absolute atomic E-state index is 0.271. The van der Waals surface area contributed by atoms with Gasteiger partial charge >= 0.3 is 0 Å². The van der Waals surface area contributed by atoms with Crippen LogP contribution in [0.5, 0.6) is 0 Å². The number of aryl methyl sites for hydroxylation is 1. The van der Waals surface area contributed by atoms with Crippen LogP contribution in [0.25, 0.3) is 11.1 Å². The molecule has 1 atom stereocenters. The Labute approximate surface area is 127 Å². The van der Waals surface area contributed by atoms with E-state index >= 15 is 0 Å². The first-order chi connectivity index (χ1) is 10.3. The number of hydrogen-bond donors (Lipinski definition) is 1. The standard InChI is InChI=1S/C20H21N/c1-3-16-10-11-18(17-7-5-4-6-8-17)13-19(16)20-12-9-15(2)14-21-20/h4-14,20-21H,3H2,1-2H3. The molecule has 1 heterocycles. The van der Waals surface area contributed by atoms with E-state index in [4.69, 9.17) is 0 Å². The highest BCUT2D eigenvalue weighted by Crippen LogP contribution is 2.28. The minimum atomic E-state index is 0.271. The van der Waals surface area contributed by atoms with Crippen molar-refractivity contribution in [3.05, 3.63) is 83.6 Å². The van der Waals surface area contributed by atoms with Crippen LogP contribution in [0.1, 0.15) is 31.0 Å². The molecule has 0 fully saturated rings. The third-order valence-electron chi connectivity index (χ3n) is 4.01. The summed E-state index contributed by atoms with van der Waals surface area (Å²) in [6, 6.07) is 17.7. The highest BCUT2D eigenvalue weighted by molar-refractivity contribution is 5.65. The Morgan fingerprint density at radius 3 is 2.48 bits per heavy atom. The fourth-order valence-electron chi connectivity index (χ4n) is 2.78. The maximum Gasteiger partial charge on any atom is 0.0698 e. The van der Waals surface area contributed by atoms with Gasteiger partial charge in [-0.15, -0.1) is 0 Å². The summed E-state index contributed by atoms with van der Waals surface area (Å²) in [5.41, 5.74) is 6.60. The van der Waals surface area contributed by atoms with Crippen LogP contribution in [0, 0.1) is 0 Å². The lowest BCUT2D eigenvalue weighted by molar-refractivity contribution is 0.730. The van der Waals surface area contributed by atoms with Gasteiger partial charge < -0.3 is 5.32 Å². The second-order valence-electron chi connectivity index (χ2n) is 5.52. The molecule has 106 valence electrons. The van der Waals surface area contributed by atoms with Crippen LogP contribution in [0.15, 0.2) is 72.5 Å². The summed E-state index contributed by atoms with van der Waals surface area (Å²) in [6.07, 6.45) is 7.59. The monoisotopic (exact) mass is 275 g/mol. The minimum Gasteiger partial charge on any atom is -0.380 e. The Bertz CT molecular complexity index is 680. The van der Waals surface area contributed by atoms with Gasteiger partial charge in [0, 0.05) is 6.20 Å². The van der Waals surface area contributed by atoms with Gasteiger partial charge in [-0.05, 0) is 47.2 Å². The number of benzene rings is 2. The second kappa shape index (κ2) is 6.01. The van der Waals surface area contributed by atoms with Crippen LogP contribution >= 0.6 is 0 Å². The Hall–Kier alpha value is -2.28. The molecule has 0 radical (unpaired) electrons. The lowest BCUT2D eigenvalue weighted by Crippen LogP contribution is -2.17. The van der Waals surface area contributed by atoms with E-state index in [9.17, 15) is 0 Å². The zero-order valence-electron chi connectivity index (χ0n) is 12.6. The van der Waals surface area contributed by atoms with Gasteiger partial charge in [0.1, 0.15) is 0 Å². The molecule has 0 saturated carbocycles. The third kappa shape index (κ3) is 2.92. The molecular weight excluding hydrogens is 254 g/mol. The predicted molar refractivity (Wildman–Crippen MR) is 90.0 cm³/mol. The van der Waals surface area contributed by atoms with E-state index in [1.54, 1.807) is 0 Å². The number of nitrogens with one attached hydrogen (secondary N) is 1. The number of rotatable bonds is 3. The molecule has 3 rings (SSSR count). The fourth-order valence-corrected chi connectivity index (χ4v) is 2.78. The molecule has 2 aromatic carbocycles. The van der Waals surface area contributed by atoms with Crippen LogP contribution in [0.4, 0.5) is 0 Å². The first-order valence-electron chi connectivity index (χ1n) is 7.57. The molecule has 1 aliphatic heterocycles. The SMILES string of the molecule is CCc1ccc(-c2ccccc2)cc1C1C=CC(C)=CN1. The van der Waals surface area contributed by atoms with Crippen molar-refractivity contribution in [1.29, 1.82) is 0 Å². The van der Waals surface area contributed by atoms with Gasteiger partial charge in [0.15, 0.2) is 0 Å². The van der Waals surface area contributed by atoms with Crippen molar-refractivity contribution in [3.8, 4) is 11.1 Å². The smallest absolute Gasteiger partial charge is 0.0698 e. The topological polar surface area (TPSA) is 12.0 Å². The molecule has 0 aliphatic carbocycles. The lowest BCUT2D eigenvalue weighted by atomic mass is 9.92. The van der Waals surface area contributed by atoms with Crippen molar-refractivity contribution in [2.75, 3.05) is 0 Å². The van der Waals surface area contributed by atoms with Gasteiger partial charge in [-0.3, -0.25) is 0 Å². The van der Waals surface area contributed by atoms with Crippen molar-refractivity contribution >= 4 is 0 Å². The molecule has 0 saturated heterocycles. The van der Waals surface area contributed by atoms with Gasteiger partial charge in [-0.1, -0.05) is 61.5 Å². The Balaban J connectivity index is 2.01. The van der Waals surface area contributed by atoms with Crippen molar-refractivity contribution < 1.29 is 0 Å². The summed E-state index contributed by atoms with van der Waals surface area (Å²) in [5.74, 6) is 0. The molecule has 21 heavy (non-hydrogen) atoms. The summed E-state index contributed by atoms with van der Waals surface area (Å²) in [7, 11) is 0. The molecule has 0 bridgehead atoms. The summed E-state index contributed by atoms with van der Waals surface area (Å²) in [5, 5.41) is 3.49. The summed E-state index contributed by atoms with van der Waals surface area (Å²) < 4.78 is 0. The lowest BCUT2D eigenvalue weighted by Gasteiger charge is -2.21. The first-order valence-corrected chi connectivity index (χ1v) is 7.57. The number of hydrogen-bond acceptors (Lipinski definition) is 1. The summed E-state index contributed by atoms with van der Waals surface area (Å²) >= 11 is 0. The van der Waals surface area contributed by atoms with Crippen molar-refractivity contribution in [3.63, 3.8) is 0 Å². The summed E-state index contributed by atoms with van der Waals surface area (Å²) in [4.78, 5) is 0. The van der Waals surface area contributed by atoms with Crippen molar-refractivity contribution in [2.24, 2.45) is 0 Å². The van der Waals surface area contributed by atoms with E-state index in [1.807, 2.05) is 0 Å². The highest BCUT2D eigenvalue weighted by Gasteiger charge is 2.14. The van der Waals surface area contributed by atoms with E-state index in [0.29, 0.717) is 0 Å². The second-order valence-corrected chi connectivity index (χ2v) is 5.52. The molecule has 1 N–H and O–H groups in total. The van der Waals surface area contributed by atoms with Crippen molar-refractivity contribution in [1.82, 2.24) is 5.32 Å². The predicted octanol–water partition coefficient (Wildman–Crippen LogP) is 5.02. The fraction of sp³-hybridized carbons (Fsp3) is 0.200. The quantitative estimate of drug-likeness (QED) is 0.829. The van der Waals surface area contributed by atoms with Crippen LogP contribution in [-0.4, -0.2) is 0 Å². The maximum atomic E-state index is 3.49. The zero-order chi connectivity index (χ0) is 14.7. The van der Waals surface area contributed by atoms with Crippen LogP contribution in [0.3, 0.4) is 0 Å². The van der Waals surface area contributed by atoms with Gasteiger partial charge in [-0.25, -0.2) is 0 Å². The Morgan fingerprint density at radius 2 is 1.81 bits per heavy atom. The molecule has 1 nitrogen and oxygen atoms in total. The maximum absolute atomic E-state index is 3.49. The third-order valence-corrected chi connectivity index (χ3v) is 4.01. The van der Waals surface area contributed by atoms with E-state index in [1.165, 1.54) is 27.8 Å². The van der Waals surface area contributed by atoms with E-state index in [-0.39, 0.29) is 6.04 Å². The zero-order valence-corrected chi connectivity index (χ0v) is 12.6. The molecule has 0 spiro atoms. The van der Waals surface area contributed by atoms with E-state index < -0.39 is 0 Å². The largest absolute Gasteiger partial charge is 0.380 e. The number of allylic oxidation sites excluding steroid dienone is 2. The normalized spacial score (nSPS) is 17.2. The average molecular weight is 275 g/mol. The van der Waals surface area contributed by atoms with Crippen LogP contribution in [0.2, 0.25) is 0 Å². The van der Waals surface area contributed by atoms with Gasteiger partial charge in [0.25, 0.3) is 0 Å². The summed E-state index contributed by atoms with van der Waals surface area (Å²) in [6.45, 7) is 4.33. The van der Waals surface area contributed by atoms with Gasteiger partial charge in [-0.2, -0.15) is 0 Å². The molecule has 0 aromatic heterocycles. The molecule has 1 aliphatic rings. The van der Waals surface area contributed by atoms with Gasteiger partial charge in [0.2, 0.25) is 0 Å². The molecule has 2 aromatic rings. The number of dihydropyridines is 1. The van der Waals surface area contributed by atoms with Crippen molar-refractivity contribution in [2.45, 2.75) is 26.3 Å². The van der Waals surface area contributed by atoms with Crippen LogP contribution < -0.4 is 5.32 Å². The molecule has 1 unspecified atom stereocenters. The Kier molecular flexibility index (Phi) is 3.92. The molecule has 1 heteroatoms. The van der Waals surface area contributed by atoms with E-state index in [2.05, 4.69) is 86.0 Å².